The van der Waals surface area contributed by atoms with Gasteiger partial charge in [-0.2, -0.15) is 0 Å². The van der Waals surface area contributed by atoms with Crippen LogP contribution >= 0.6 is 67.8 Å². The van der Waals surface area contributed by atoms with E-state index in [1.807, 2.05) is 20.8 Å². The van der Waals surface area contributed by atoms with Gasteiger partial charge in [-0.1, -0.05) is 88.5 Å². The summed E-state index contributed by atoms with van der Waals surface area (Å²) in [6, 6.07) is 0. The SMILES string of the molecule is CCC(I)Cn1c(=O)n(CC(I)CC)c(=O)n(CC(I)CC)c1=O. The molecule has 0 saturated heterocycles. The van der Waals surface area contributed by atoms with Gasteiger partial charge in [-0.05, 0) is 19.3 Å². The Kier molecular flexibility index (Phi) is 10.1. The van der Waals surface area contributed by atoms with Crippen molar-refractivity contribution in [2.75, 3.05) is 0 Å². The van der Waals surface area contributed by atoms with Crippen molar-refractivity contribution in [3.05, 3.63) is 31.5 Å². The fraction of sp³-hybridized carbons (Fsp3) is 0.800. The lowest BCUT2D eigenvalue weighted by Crippen LogP contribution is -2.56. The van der Waals surface area contributed by atoms with Gasteiger partial charge in [-0.3, -0.25) is 0 Å². The molecule has 0 amide bonds. The summed E-state index contributed by atoms with van der Waals surface area (Å²) in [5.74, 6) is 0. The van der Waals surface area contributed by atoms with E-state index < -0.39 is 17.1 Å². The maximum Gasteiger partial charge on any atom is 0.336 e. The Bertz CT molecular complexity index is 585. The maximum absolute atomic E-state index is 12.7. The van der Waals surface area contributed by atoms with Gasteiger partial charge in [0.2, 0.25) is 0 Å². The van der Waals surface area contributed by atoms with Gasteiger partial charge in [0.25, 0.3) is 0 Å². The summed E-state index contributed by atoms with van der Waals surface area (Å²) in [7, 11) is 0. The monoisotopic (exact) mass is 675 g/mol. The van der Waals surface area contributed by atoms with Crippen molar-refractivity contribution in [2.24, 2.45) is 0 Å². The molecular weight excluding hydrogens is 651 g/mol. The van der Waals surface area contributed by atoms with Crippen molar-refractivity contribution in [1.82, 2.24) is 13.7 Å². The molecule has 9 heteroatoms. The molecule has 0 N–H and O–H groups in total. The molecule has 0 aliphatic rings. The summed E-state index contributed by atoms with van der Waals surface area (Å²) in [4.78, 5) is 38.2. The Morgan fingerprint density at radius 1 is 0.625 bits per heavy atom. The van der Waals surface area contributed by atoms with Crippen LogP contribution in [-0.2, 0) is 19.6 Å². The first-order chi connectivity index (χ1) is 11.3. The third-order valence-corrected chi connectivity index (χ3v) is 7.68. The molecule has 1 aromatic rings. The molecule has 1 aromatic heterocycles. The zero-order chi connectivity index (χ0) is 18.4. The lowest BCUT2D eigenvalue weighted by Gasteiger charge is -2.18. The quantitative estimate of drug-likeness (QED) is 0.299. The fourth-order valence-electron chi connectivity index (χ4n) is 2.13. The molecule has 6 nitrogen and oxygen atoms in total. The Labute approximate surface area is 182 Å². The topological polar surface area (TPSA) is 66.0 Å². The van der Waals surface area contributed by atoms with Gasteiger partial charge in [0, 0.05) is 31.4 Å². The summed E-state index contributed by atoms with van der Waals surface area (Å²) in [6.07, 6.45) is 2.58. The second-order valence-electron chi connectivity index (χ2n) is 5.70. The van der Waals surface area contributed by atoms with Crippen LogP contribution in [0.5, 0.6) is 0 Å². The molecule has 0 aromatic carbocycles. The predicted octanol–water partition coefficient (Wildman–Crippen LogP) is 2.81. The van der Waals surface area contributed by atoms with E-state index in [0.29, 0.717) is 19.6 Å². The molecule has 0 fully saturated rings. The van der Waals surface area contributed by atoms with Crippen LogP contribution in [0.2, 0.25) is 0 Å². The van der Waals surface area contributed by atoms with Crippen molar-refractivity contribution >= 4 is 67.8 Å². The zero-order valence-corrected chi connectivity index (χ0v) is 20.6. The third-order valence-electron chi connectivity index (χ3n) is 3.86. The molecule has 0 spiro atoms. The van der Waals surface area contributed by atoms with E-state index in [4.69, 9.17) is 0 Å². The second kappa shape index (κ2) is 10.7. The normalized spacial score (nSPS) is 15.2. The highest BCUT2D eigenvalue weighted by Crippen LogP contribution is 2.09. The second-order valence-corrected chi connectivity index (χ2v) is 11.0. The van der Waals surface area contributed by atoms with Crippen LogP contribution in [0, 0.1) is 0 Å². The number of halogens is 3. The molecule has 1 rings (SSSR count). The molecule has 0 aliphatic heterocycles. The van der Waals surface area contributed by atoms with Crippen molar-refractivity contribution in [1.29, 1.82) is 0 Å². The largest absolute Gasteiger partial charge is 0.336 e. The molecule has 3 atom stereocenters. The summed E-state index contributed by atoms with van der Waals surface area (Å²) in [6.45, 7) is 7.08. The van der Waals surface area contributed by atoms with E-state index >= 15 is 0 Å². The van der Waals surface area contributed by atoms with Crippen LogP contribution in [0.15, 0.2) is 14.4 Å². The van der Waals surface area contributed by atoms with Gasteiger partial charge in [-0.15, -0.1) is 0 Å². The Morgan fingerprint density at radius 3 is 1.00 bits per heavy atom. The van der Waals surface area contributed by atoms with Gasteiger partial charge < -0.3 is 0 Å². The minimum atomic E-state index is -0.479. The standard InChI is InChI=1S/C15H24I3N3O3/c1-4-10(16)7-19-13(22)20(8-11(17)5-2)15(24)21(14(19)23)9-12(18)6-3/h10-12H,4-9H2,1-3H3. The first-order valence-electron chi connectivity index (χ1n) is 8.13. The highest BCUT2D eigenvalue weighted by molar-refractivity contribution is 14.1. The van der Waals surface area contributed by atoms with Gasteiger partial charge in [0.05, 0.1) is 0 Å². The van der Waals surface area contributed by atoms with Crippen LogP contribution in [0.4, 0.5) is 0 Å². The van der Waals surface area contributed by atoms with E-state index in [1.165, 1.54) is 13.7 Å². The molecule has 1 heterocycles. The Hall–Kier alpha value is 0.600. The first-order valence-corrected chi connectivity index (χ1v) is 11.9. The van der Waals surface area contributed by atoms with Gasteiger partial charge in [0.1, 0.15) is 0 Å². The smallest absolute Gasteiger partial charge is 0.247 e. The van der Waals surface area contributed by atoms with E-state index in [9.17, 15) is 14.4 Å². The number of rotatable bonds is 9. The molecule has 3 unspecified atom stereocenters. The van der Waals surface area contributed by atoms with Crippen LogP contribution in [0.1, 0.15) is 40.0 Å². The molecule has 0 saturated carbocycles. The number of nitrogens with zero attached hydrogens (tertiary/aromatic N) is 3. The third kappa shape index (κ3) is 5.81. The number of hydrogen-bond acceptors (Lipinski definition) is 3. The molecule has 0 bridgehead atoms. The minimum absolute atomic E-state index is 0.176. The van der Waals surface area contributed by atoms with Crippen molar-refractivity contribution in [3.63, 3.8) is 0 Å². The maximum atomic E-state index is 12.7. The van der Waals surface area contributed by atoms with E-state index in [0.717, 1.165) is 19.3 Å². The number of hydrogen-bond donors (Lipinski definition) is 0. The van der Waals surface area contributed by atoms with Crippen molar-refractivity contribution in [2.45, 2.75) is 71.4 Å². The summed E-state index contributed by atoms with van der Waals surface area (Å²) < 4.78 is 4.24. The van der Waals surface area contributed by atoms with Crippen LogP contribution in [0.25, 0.3) is 0 Å². The first kappa shape index (κ1) is 22.6. The van der Waals surface area contributed by atoms with E-state index in [-0.39, 0.29) is 11.8 Å². The lowest BCUT2D eigenvalue weighted by atomic mass is 10.3. The van der Waals surface area contributed by atoms with E-state index in [2.05, 4.69) is 67.8 Å². The van der Waals surface area contributed by atoms with Gasteiger partial charge in [-0.25, -0.2) is 28.1 Å². The highest BCUT2D eigenvalue weighted by Gasteiger charge is 2.19. The lowest BCUT2D eigenvalue weighted by molar-refractivity contribution is 0.438. The fourth-order valence-corrected chi connectivity index (χ4v) is 3.31. The number of aromatic nitrogens is 3. The van der Waals surface area contributed by atoms with Gasteiger partial charge >= 0.3 is 17.1 Å². The molecular formula is C15H24I3N3O3. The minimum Gasteiger partial charge on any atom is -0.247 e. The molecule has 0 aliphatic carbocycles. The average Bonchev–Trinajstić information content (AvgIpc) is 2.58. The van der Waals surface area contributed by atoms with Crippen molar-refractivity contribution < 1.29 is 0 Å². The van der Waals surface area contributed by atoms with Crippen LogP contribution in [0.3, 0.4) is 0 Å². The predicted molar refractivity (Wildman–Crippen MR) is 124 cm³/mol. The Balaban J connectivity index is 3.55. The molecule has 0 radical (unpaired) electrons. The Morgan fingerprint density at radius 2 is 0.833 bits per heavy atom. The summed E-state index contributed by atoms with van der Waals surface area (Å²) >= 11 is 6.73. The van der Waals surface area contributed by atoms with E-state index in [1.54, 1.807) is 0 Å². The van der Waals surface area contributed by atoms with Crippen LogP contribution in [-0.4, -0.2) is 25.5 Å². The summed E-state index contributed by atoms with van der Waals surface area (Å²) in [5, 5.41) is 0. The zero-order valence-electron chi connectivity index (χ0n) is 14.2. The highest BCUT2D eigenvalue weighted by atomic mass is 127. The van der Waals surface area contributed by atoms with Crippen LogP contribution < -0.4 is 17.1 Å². The molecule has 24 heavy (non-hydrogen) atoms. The molecule has 138 valence electrons. The summed E-state index contributed by atoms with van der Waals surface area (Å²) in [5.41, 5.74) is -1.44. The average molecular weight is 675 g/mol. The van der Waals surface area contributed by atoms with Crippen molar-refractivity contribution in [3.8, 4) is 0 Å². The van der Waals surface area contributed by atoms with Gasteiger partial charge in [0.15, 0.2) is 0 Å². The number of alkyl halides is 3.